The number of piperazine rings is 1. The van der Waals surface area contributed by atoms with Gasteiger partial charge in [-0.2, -0.15) is 8.78 Å². The molecule has 1 saturated heterocycles. The predicted molar refractivity (Wildman–Crippen MR) is 131 cm³/mol. The van der Waals surface area contributed by atoms with Gasteiger partial charge in [0.2, 0.25) is 0 Å². The number of nitrogens with zero attached hydrogens (tertiary/aromatic N) is 3. The number of rotatable bonds is 11. The number of aliphatic hydroxyl groups excluding tert-OH is 1. The minimum Gasteiger partial charge on any atom is -0.435 e. The molecule has 2 rings (SSSR count). The average molecular weight is 555 g/mol. The van der Waals surface area contributed by atoms with Crippen LogP contribution >= 0.6 is 24.0 Å². The lowest BCUT2D eigenvalue weighted by atomic mass is 10.1. The van der Waals surface area contributed by atoms with Crippen molar-refractivity contribution in [2.45, 2.75) is 32.5 Å². The minimum absolute atomic E-state index is 0. The third-order valence-electron chi connectivity index (χ3n) is 5.05. The summed E-state index contributed by atoms with van der Waals surface area (Å²) in [6, 6.07) is 5.96. The largest absolute Gasteiger partial charge is 0.435 e. The van der Waals surface area contributed by atoms with E-state index in [0.29, 0.717) is 11.5 Å². The smallest absolute Gasteiger partial charge is 0.387 e. The summed E-state index contributed by atoms with van der Waals surface area (Å²) in [5.74, 6) is 0.727. The van der Waals surface area contributed by atoms with Crippen LogP contribution in [-0.2, 0) is 0 Å². The molecule has 1 aromatic rings. The lowest BCUT2D eigenvalue weighted by molar-refractivity contribution is -0.0498. The van der Waals surface area contributed by atoms with Gasteiger partial charge in [-0.15, -0.1) is 24.0 Å². The highest BCUT2D eigenvalue weighted by atomic mass is 127. The molecule has 1 aromatic carbocycles. The Morgan fingerprint density at radius 2 is 1.81 bits per heavy atom. The molecular formula is C21H36F2IN5O2. The van der Waals surface area contributed by atoms with Crippen molar-refractivity contribution in [1.82, 2.24) is 20.4 Å². The zero-order valence-electron chi connectivity index (χ0n) is 18.4. The van der Waals surface area contributed by atoms with E-state index in [1.54, 1.807) is 12.1 Å². The summed E-state index contributed by atoms with van der Waals surface area (Å²) in [4.78, 5) is 9.30. The van der Waals surface area contributed by atoms with E-state index in [2.05, 4.69) is 37.2 Å². The molecule has 1 heterocycles. The van der Waals surface area contributed by atoms with Crippen LogP contribution in [0.3, 0.4) is 0 Å². The second-order valence-corrected chi connectivity index (χ2v) is 7.46. The Morgan fingerprint density at radius 3 is 2.42 bits per heavy atom. The van der Waals surface area contributed by atoms with Crippen LogP contribution in [0.1, 0.15) is 31.4 Å². The molecule has 0 bridgehead atoms. The van der Waals surface area contributed by atoms with Crippen molar-refractivity contribution in [2.75, 3.05) is 59.4 Å². The van der Waals surface area contributed by atoms with Gasteiger partial charge in [-0.05, 0) is 51.1 Å². The van der Waals surface area contributed by atoms with Gasteiger partial charge in [-0.25, -0.2) is 0 Å². The van der Waals surface area contributed by atoms with Gasteiger partial charge in [0, 0.05) is 39.3 Å². The lowest BCUT2D eigenvalue weighted by Gasteiger charge is -2.32. The molecular weight excluding hydrogens is 519 g/mol. The number of hydrogen-bond acceptors (Lipinski definition) is 5. The van der Waals surface area contributed by atoms with E-state index in [1.807, 2.05) is 6.92 Å². The van der Waals surface area contributed by atoms with Crippen molar-refractivity contribution in [1.29, 1.82) is 0 Å². The third-order valence-corrected chi connectivity index (χ3v) is 5.05. The van der Waals surface area contributed by atoms with Crippen LogP contribution in [0.15, 0.2) is 29.3 Å². The van der Waals surface area contributed by atoms with Crippen LogP contribution < -0.4 is 15.4 Å². The maximum Gasteiger partial charge on any atom is 0.387 e. The van der Waals surface area contributed by atoms with Crippen molar-refractivity contribution in [3.8, 4) is 5.75 Å². The molecule has 0 spiro atoms. The van der Waals surface area contributed by atoms with E-state index in [4.69, 9.17) is 0 Å². The number of aliphatic hydroxyl groups is 1. The molecule has 31 heavy (non-hydrogen) atoms. The van der Waals surface area contributed by atoms with Gasteiger partial charge >= 0.3 is 6.61 Å². The number of aliphatic imine (C=N–C) groups is 1. The van der Waals surface area contributed by atoms with Gasteiger partial charge in [0.25, 0.3) is 0 Å². The van der Waals surface area contributed by atoms with Gasteiger partial charge in [-0.3, -0.25) is 4.99 Å². The molecule has 7 nitrogen and oxygen atoms in total. The Bertz CT molecular complexity index is 629. The molecule has 0 radical (unpaired) electrons. The Balaban J connectivity index is 0.00000480. The van der Waals surface area contributed by atoms with Crippen molar-refractivity contribution in [3.05, 3.63) is 29.8 Å². The van der Waals surface area contributed by atoms with E-state index in [9.17, 15) is 13.9 Å². The standard InChI is InChI=1S/C21H35F2N5O2.HI/c1-3-24-21(25-10-4-5-11-28-14-12-27(2)13-15-28)26-16-19(29)17-6-8-18(9-7-17)30-20(22)23;/h6-9,19-20,29H,3-5,10-16H2,1-2H3,(H2,24,25,26);1H. The summed E-state index contributed by atoms with van der Waals surface area (Å²) >= 11 is 0. The molecule has 10 heteroatoms. The normalized spacial score (nSPS) is 16.6. The Morgan fingerprint density at radius 1 is 1.13 bits per heavy atom. The summed E-state index contributed by atoms with van der Waals surface area (Å²) < 4.78 is 28.7. The van der Waals surface area contributed by atoms with Gasteiger partial charge in [-0.1, -0.05) is 12.1 Å². The van der Waals surface area contributed by atoms with Gasteiger partial charge in [0.05, 0.1) is 12.6 Å². The quantitative estimate of drug-likeness (QED) is 0.169. The van der Waals surface area contributed by atoms with Crippen molar-refractivity contribution < 1.29 is 18.6 Å². The SMILES string of the molecule is CCNC(=NCC(O)c1ccc(OC(F)F)cc1)NCCCCN1CCN(C)CC1.I. The summed E-state index contributed by atoms with van der Waals surface area (Å²) in [6.07, 6.45) is 1.36. The highest BCUT2D eigenvalue weighted by Gasteiger charge is 2.13. The van der Waals surface area contributed by atoms with Crippen LogP contribution in [0.4, 0.5) is 8.78 Å². The van der Waals surface area contributed by atoms with Crippen LogP contribution in [0.25, 0.3) is 0 Å². The highest BCUT2D eigenvalue weighted by Crippen LogP contribution is 2.19. The molecule has 178 valence electrons. The second kappa shape index (κ2) is 15.5. The summed E-state index contributed by atoms with van der Waals surface area (Å²) in [7, 11) is 2.16. The molecule has 1 fully saturated rings. The number of nitrogens with one attached hydrogen (secondary N) is 2. The Labute approximate surface area is 201 Å². The van der Waals surface area contributed by atoms with Crippen LogP contribution in [-0.4, -0.2) is 86.9 Å². The van der Waals surface area contributed by atoms with Gasteiger partial charge in [0.1, 0.15) is 5.75 Å². The zero-order chi connectivity index (χ0) is 21.8. The van der Waals surface area contributed by atoms with E-state index in [1.165, 1.54) is 12.1 Å². The van der Waals surface area contributed by atoms with Gasteiger partial charge in [0.15, 0.2) is 5.96 Å². The fourth-order valence-electron chi connectivity index (χ4n) is 3.24. The summed E-state index contributed by atoms with van der Waals surface area (Å²) in [5, 5.41) is 16.8. The Kier molecular flexibility index (Phi) is 13.9. The highest BCUT2D eigenvalue weighted by molar-refractivity contribution is 14.0. The van der Waals surface area contributed by atoms with E-state index in [0.717, 1.165) is 58.7 Å². The number of guanidine groups is 1. The topological polar surface area (TPSA) is 72.4 Å². The number of halogens is 3. The van der Waals surface area contributed by atoms with Crippen LogP contribution in [0, 0.1) is 0 Å². The van der Waals surface area contributed by atoms with Crippen molar-refractivity contribution >= 4 is 29.9 Å². The first-order valence-electron chi connectivity index (χ1n) is 10.6. The molecule has 3 N–H and O–H groups in total. The number of benzene rings is 1. The zero-order valence-corrected chi connectivity index (χ0v) is 20.7. The molecule has 1 aliphatic rings. The molecule has 0 aromatic heterocycles. The summed E-state index contributed by atoms with van der Waals surface area (Å²) in [5.41, 5.74) is 0.600. The third kappa shape index (κ3) is 11.3. The summed E-state index contributed by atoms with van der Waals surface area (Å²) in [6.45, 7) is 6.52. The fraction of sp³-hybridized carbons (Fsp3) is 0.667. The molecule has 0 amide bonds. The van der Waals surface area contributed by atoms with Gasteiger partial charge < -0.3 is 30.3 Å². The monoisotopic (exact) mass is 555 g/mol. The number of unbranched alkanes of at least 4 members (excludes halogenated alkanes) is 1. The molecule has 1 atom stereocenters. The number of ether oxygens (including phenoxy) is 1. The van der Waals surface area contributed by atoms with Crippen molar-refractivity contribution in [2.24, 2.45) is 4.99 Å². The van der Waals surface area contributed by atoms with E-state index in [-0.39, 0.29) is 36.3 Å². The van der Waals surface area contributed by atoms with Crippen LogP contribution in [0.5, 0.6) is 5.75 Å². The maximum absolute atomic E-state index is 12.2. The van der Waals surface area contributed by atoms with Crippen LogP contribution in [0.2, 0.25) is 0 Å². The lowest BCUT2D eigenvalue weighted by Crippen LogP contribution is -2.44. The minimum atomic E-state index is -2.86. The van der Waals surface area contributed by atoms with E-state index >= 15 is 0 Å². The fourth-order valence-corrected chi connectivity index (χ4v) is 3.24. The first-order chi connectivity index (χ1) is 14.5. The molecule has 0 aliphatic carbocycles. The Hall–Kier alpha value is -1.24. The maximum atomic E-state index is 12.2. The predicted octanol–water partition coefficient (Wildman–Crippen LogP) is 2.52. The molecule has 0 saturated carbocycles. The average Bonchev–Trinajstić information content (AvgIpc) is 2.73. The first kappa shape index (κ1) is 27.8. The first-order valence-corrected chi connectivity index (χ1v) is 10.6. The van der Waals surface area contributed by atoms with E-state index < -0.39 is 12.7 Å². The number of likely N-dealkylation sites (N-methyl/N-ethyl adjacent to an activating group) is 1. The van der Waals surface area contributed by atoms with Crippen molar-refractivity contribution in [3.63, 3.8) is 0 Å². The molecule has 1 unspecified atom stereocenters. The molecule has 1 aliphatic heterocycles. The second-order valence-electron chi connectivity index (χ2n) is 7.46. The number of hydrogen-bond donors (Lipinski definition) is 3. The number of alkyl halides is 2.